The molecule has 0 bridgehead atoms. The average molecular weight is 584 g/mol. The highest BCUT2D eigenvalue weighted by Crippen LogP contribution is 2.43. The summed E-state index contributed by atoms with van der Waals surface area (Å²) in [7, 11) is -3.64. The largest absolute Gasteiger partial charge is 0.465 e. The van der Waals surface area contributed by atoms with Crippen molar-refractivity contribution in [2.24, 2.45) is 20.5 Å². The van der Waals surface area contributed by atoms with Gasteiger partial charge in [-0.15, -0.1) is 15.3 Å². The first-order valence-corrected chi connectivity index (χ1v) is 13.7. The van der Waals surface area contributed by atoms with Crippen molar-refractivity contribution >= 4 is 56.1 Å². The first-order chi connectivity index (χ1) is 19.6. The Kier molecular flexibility index (Phi) is 10.6. The van der Waals surface area contributed by atoms with Crippen LogP contribution in [0.4, 0.5) is 34.1 Å². The zero-order chi connectivity index (χ0) is 30.0. The van der Waals surface area contributed by atoms with E-state index < -0.39 is 26.7 Å². The molecule has 41 heavy (non-hydrogen) atoms. The lowest BCUT2D eigenvalue weighted by Crippen LogP contribution is -2.24. The summed E-state index contributed by atoms with van der Waals surface area (Å²) >= 11 is 0. The van der Waals surface area contributed by atoms with Crippen LogP contribution in [-0.4, -0.2) is 50.2 Å². The van der Waals surface area contributed by atoms with E-state index in [0.29, 0.717) is 24.9 Å². The maximum absolute atomic E-state index is 12.5. The van der Waals surface area contributed by atoms with Crippen LogP contribution in [0.3, 0.4) is 0 Å². The number of nitrogens with two attached hydrogens (primary N) is 2. The summed E-state index contributed by atoms with van der Waals surface area (Å²) in [6.07, 6.45) is 2.14. The maximum atomic E-state index is 12.5. The second-order valence-electron chi connectivity index (χ2n) is 8.54. The molecule has 0 aliphatic heterocycles. The Hall–Kier alpha value is -4.73. The van der Waals surface area contributed by atoms with E-state index in [9.17, 15) is 22.6 Å². The van der Waals surface area contributed by atoms with Crippen LogP contribution in [0.15, 0.2) is 79.9 Å². The third-order valence-corrected chi connectivity index (χ3v) is 6.56. The number of ether oxygens (including phenoxy) is 1. The summed E-state index contributed by atoms with van der Waals surface area (Å²) in [6.45, 7) is 0.526. The molecule has 0 atom stereocenters. The number of nitrogen functional groups attached to an aromatic ring is 2. The summed E-state index contributed by atoms with van der Waals surface area (Å²) in [6, 6.07) is 13.2. The number of aliphatic hydroxyl groups is 1. The molecule has 0 saturated carbocycles. The quantitative estimate of drug-likeness (QED) is 0.0657. The highest BCUT2D eigenvalue weighted by molar-refractivity contribution is 7.86. The summed E-state index contributed by atoms with van der Waals surface area (Å²) in [5.41, 5.74) is 11.6. The van der Waals surface area contributed by atoms with Crippen molar-refractivity contribution < 1.29 is 32.4 Å². The van der Waals surface area contributed by atoms with Crippen LogP contribution < -0.4 is 16.8 Å². The molecule has 0 aromatic heterocycles. The van der Waals surface area contributed by atoms with E-state index in [1.54, 1.807) is 30.3 Å². The van der Waals surface area contributed by atoms with Crippen LogP contribution in [0.25, 0.3) is 0 Å². The summed E-state index contributed by atoms with van der Waals surface area (Å²) in [5.74, 6) is -1.01. The Morgan fingerprint density at radius 2 is 1.63 bits per heavy atom. The number of aliphatic hydroxyl groups excluding tert-OH is 1. The van der Waals surface area contributed by atoms with Gasteiger partial charge in [-0.05, 0) is 55.7 Å². The van der Waals surface area contributed by atoms with Crippen molar-refractivity contribution in [1.82, 2.24) is 5.32 Å². The standard InChI is InChI=1S/C26H29N7O7S/c1-40-26(36)18-10-3-4-11-19(18)31-32-20-15-21(41(37,38)39)23(28)24(22(20)27)33-30-17-9-7-8-16(14-17)25(35)29-12-5-2-6-13-34/h3-4,7-11,14-15,34H,2,5-6,12-13,27-28H2,1H3,(H,29,35)(H,37,38,39)/b32-31+,33-30+. The predicted octanol–water partition coefficient (Wildman–Crippen LogP) is 4.61. The number of benzene rings is 3. The molecule has 0 saturated heterocycles. The molecule has 7 N–H and O–H groups in total. The monoisotopic (exact) mass is 583 g/mol. The van der Waals surface area contributed by atoms with Crippen LogP contribution >= 0.6 is 0 Å². The number of unbranched alkanes of at least 4 members (excludes halogenated alkanes) is 2. The topological polar surface area (TPSA) is 231 Å². The number of methoxy groups -OCH3 is 1. The Morgan fingerprint density at radius 3 is 2.34 bits per heavy atom. The Morgan fingerprint density at radius 1 is 0.902 bits per heavy atom. The zero-order valence-electron chi connectivity index (χ0n) is 22.0. The summed E-state index contributed by atoms with van der Waals surface area (Å²) in [4.78, 5) is 23.8. The zero-order valence-corrected chi connectivity index (χ0v) is 22.8. The van der Waals surface area contributed by atoms with E-state index >= 15 is 0 Å². The van der Waals surface area contributed by atoms with E-state index in [-0.39, 0.29) is 46.5 Å². The second kappa shape index (κ2) is 14.1. The fourth-order valence-corrected chi connectivity index (χ4v) is 4.19. The second-order valence-corrected chi connectivity index (χ2v) is 9.93. The van der Waals surface area contributed by atoms with Crippen molar-refractivity contribution in [2.45, 2.75) is 24.2 Å². The highest BCUT2D eigenvalue weighted by Gasteiger charge is 2.22. The molecule has 216 valence electrons. The molecule has 3 rings (SSSR count). The van der Waals surface area contributed by atoms with Gasteiger partial charge in [0, 0.05) is 18.7 Å². The number of azo groups is 2. The van der Waals surface area contributed by atoms with Gasteiger partial charge in [0.15, 0.2) is 0 Å². The van der Waals surface area contributed by atoms with E-state index in [1.807, 2.05) is 0 Å². The van der Waals surface area contributed by atoms with Gasteiger partial charge in [0.1, 0.15) is 22.0 Å². The molecule has 1 amide bonds. The Balaban J connectivity index is 1.96. The van der Waals surface area contributed by atoms with E-state index in [0.717, 1.165) is 12.5 Å². The Labute approximate surface area is 235 Å². The average Bonchev–Trinajstić information content (AvgIpc) is 2.95. The number of hydrogen-bond donors (Lipinski definition) is 5. The van der Waals surface area contributed by atoms with Crippen LogP contribution in [0.1, 0.15) is 40.0 Å². The number of nitrogens with zero attached hydrogens (tertiary/aromatic N) is 4. The predicted molar refractivity (Wildman–Crippen MR) is 151 cm³/mol. The van der Waals surface area contributed by atoms with E-state index in [1.165, 1.54) is 25.3 Å². The molecule has 3 aromatic rings. The number of carbonyl (C=O) groups is 2. The third-order valence-electron chi connectivity index (χ3n) is 5.67. The Bertz CT molecular complexity index is 1590. The first-order valence-electron chi connectivity index (χ1n) is 12.3. The van der Waals surface area contributed by atoms with Crippen LogP contribution in [0.2, 0.25) is 0 Å². The van der Waals surface area contributed by atoms with Crippen LogP contribution in [-0.2, 0) is 14.9 Å². The molecular weight excluding hydrogens is 554 g/mol. The van der Waals surface area contributed by atoms with Gasteiger partial charge in [0.25, 0.3) is 16.0 Å². The number of anilines is 2. The normalized spacial score (nSPS) is 11.7. The summed E-state index contributed by atoms with van der Waals surface area (Å²) < 4.78 is 38.5. The molecule has 15 heteroatoms. The van der Waals surface area contributed by atoms with Crippen molar-refractivity contribution in [3.63, 3.8) is 0 Å². The fourth-order valence-electron chi connectivity index (χ4n) is 3.55. The van der Waals surface area contributed by atoms with Gasteiger partial charge in [0.05, 0.1) is 29.7 Å². The molecule has 0 radical (unpaired) electrons. The van der Waals surface area contributed by atoms with Gasteiger partial charge in [-0.25, -0.2) is 4.79 Å². The minimum absolute atomic E-state index is 0.0941. The van der Waals surface area contributed by atoms with Crippen molar-refractivity contribution in [3.8, 4) is 0 Å². The number of nitrogens with one attached hydrogen (secondary N) is 1. The maximum Gasteiger partial charge on any atom is 0.340 e. The molecule has 0 fully saturated rings. The molecule has 0 heterocycles. The fraction of sp³-hybridized carbons (Fsp3) is 0.231. The van der Waals surface area contributed by atoms with Crippen molar-refractivity contribution in [2.75, 3.05) is 31.7 Å². The van der Waals surface area contributed by atoms with Gasteiger partial charge in [0.2, 0.25) is 0 Å². The van der Waals surface area contributed by atoms with Crippen LogP contribution in [0, 0.1) is 0 Å². The number of hydrogen-bond acceptors (Lipinski definition) is 12. The van der Waals surface area contributed by atoms with E-state index in [2.05, 4.69) is 25.8 Å². The molecule has 0 aliphatic rings. The SMILES string of the molecule is COC(=O)c1ccccc1/N=N/c1cc(S(=O)(=O)O)c(N)c(/N=N/c2cccc(C(=O)NCCCCCO)c2)c1N. The lowest BCUT2D eigenvalue weighted by atomic mass is 10.2. The van der Waals surface area contributed by atoms with Gasteiger partial charge in [-0.3, -0.25) is 9.35 Å². The van der Waals surface area contributed by atoms with Gasteiger partial charge in [-0.1, -0.05) is 18.2 Å². The minimum atomic E-state index is -4.84. The molecule has 0 spiro atoms. The van der Waals surface area contributed by atoms with E-state index in [4.69, 9.17) is 21.3 Å². The lowest BCUT2D eigenvalue weighted by molar-refractivity contribution is 0.0601. The summed E-state index contributed by atoms with van der Waals surface area (Å²) in [5, 5.41) is 27.6. The molecule has 0 aliphatic carbocycles. The lowest BCUT2D eigenvalue weighted by Gasteiger charge is -2.10. The number of rotatable bonds is 12. The highest BCUT2D eigenvalue weighted by atomic mass is 32.2. The third kappa shape index (κ3) is 8.14. The number of carbonyl (C=O) groups excluding carboxylic acids is 2. The van der Waals surface area contributed by atoms with Gasteiger partial charge in [-0.2, -0.15) is 13.5 Å². The van der Waals surface area contributed by atoms with Crippen molar-refractivity contribution in [1.29, 1.82) is 0 Å². The number of amides is 1. The molecule has 3 aromatic carbocycles. The van der Waals surface area contributed by atoms with Gasteiger partial charge < -0.3 is 26.6 Å². The molecule has 0 unspecified atom stereocenters. The van der Waals surface area contributed by atoms with Crippen LogP contribution in [0.5, 0.6) is 0 Å². The smallest absolute Gasteiger partial charge is 0.340 e. The molecular formula is C26H29N7O7S. The van der Waals surface area contributed by atoms with Crippen molar-refractivity contribution in [3.05, 3.63) is 65.7 Å². The molecule has 14 nitrogen and oxygen atoms in total. The number of esters is 1. The first kappa shape index (κ1) is 30.8. The van der Waals surface area contributed by atoms with Gasteiger partial charge >= 0.3 is 5.97 Å². The minimum Gasteiger partial charge on any atom is -0.465 e.